The van der Waals surface area contributed by atoms with Crippen molar-refractivity contribution in [2.45, 2.75) is 58.5 Å². The van der Waals surface area contributed by atoms with Gasteiger partial charge in [0.25, 0.3) is 5.91 Å². The van der Waals surface area contributed by atoms with Gasteiger partial charge in [-0.25, -0.2) is 9.78 Å². The van der Waals surface area contributed by atoms with Crippen LogP contribution in [0.3, 0.4) is 0 Å². The minimum atomic E-state index is -0.212. The van der Waals surface area contributed by atoms with Gasteiger partial charge in [-0.05, 0) is 50.8 Å². The second-order valence-electron chi connectivity index (χ2n) is 8.97. The van der Waals surface area contributed by atoms with Crippen molar-refractivity contribution in [1.82, 2.24) is 20.1 Å². The number of urea groups is 1. The number of thiazole rings is 1. The molecule has 192 valence electrons. The summed E-state index contributed by atoms with van der Waals surface area (Å²) in [7, 11) is 1.61. The fraction of sp³-hybridized carbons (Fsp3) is 0.577. The number of piperidine rings is 1. The van der Waals surface area contributed by atoms with Crippen molar-refractivity contribution in [2.24, 2.45) is 0 Å². The van der Waals surface area contributed by atoms with E-state index in [-0.39, 0.29) is 11.9 Å². The number of ether oxygens (including phenoxy) is 1. The highest BCUT2D eigenvalue weighted by Gasteiger charge is 2.19. The molecule has 0 spiro atoms. The van der Waals surface area contributed by atoms with E-state index in [1.165, 1.54) is 30.6 Å². The first-order chi connectivity index (χ1) is 17.0. The zero-order valence-corrected chi connectivity index (χ0v) is 22.0. The molecule has 1 aromatic carbocycles. The highest BCUT2D eigenvalue weighted by molar-refractivity contribution is 7.09. The van der Waals surface area contributed by atoms with Gasteiger partial charge in [-0.15, -0.1) is 11.3 Å². The van der Waals surface area contributed by atoms with Crippen molar-refractivity contribution in [3.63, 3.8) is 0 Å². The smallest absolute Gasteiger partial charge is 0.322 e. The maximum absolute atomic E-state index is 13.0. The van der Waals surface area contributed by atoms with E-state index in [4.69, 9.17) is 4.74 Å². The van der Waals surface area contributed by atoms with E-state index in [0.717, 1.165) is 37.2 Å². The van der Waals surface area contributed by atoms with E-state index in [9.17, 15) is 9.59 Å². The van der Waals surface area contributed by atoms with Crippen LogP contribution in [0.4, 0.5) is 10.5 Å². The number of hydrogen-bond acceptors (Lipinski definition) is 6. The lowest BCUT2D eigenvalue weighted by Crippen LogP contribution is -2.39. The van der Waals surface area contributed by atoms with E-state index >= 15 is 0 Å². The number of benzene rings is 1. The Balaban J connectivity index is 1.51. The Bertz CT molecular complexity index is 951. The number of carbonyl (C=O) groups excluding carboxylic acids is 2. The average Bonchev–Trinajstić information content (AvgIpc) is 3.34. The minimum absolute atomic E-state index is 0.163. The minimum Gasteiger partial charge on any atom is -0.383 e. The van der Waals surface area contributed by atoms with Crippen LogP contribution in [0.1, 0.15) is 60.6 Å². The van der Waals surface area contributed by atoms with Crippen molar-refractivity contribution < 1.29 is 14.3 Å². The molecule has 2 N–H and O–H groups in total. The fourth-order valence-electron chi connectivity index (χ4n) is 4.31. The summed E-state index contributed by atoms with van der Waals surface area (Å²) in [6.45, 7) is 8.29. The molecule has 0 aliphatic carbocycles. The number of likely N-dealkylation sites (tertiary alicyclic amines) is 1. The average molecular weight is 502 g/mol. The number of aromatic nitrogens is 1. The van der Waals surface area contributed by atoms with Crippen LogP contribution in [-0.4, -0.2) is 72.7 Å². The largest absolute Gasteiger partial charge is 0.383 e. The van der Waals surface area contributed by atoms with Crippen molar-refractivity contribution >= 4 is 29.0 Å². The van der Waals surface area contributed by atoms with E-state index in [1.54, 1.807) is 17.4 Å². The van der Waals surface area contributed by atoms with Gasteiger partial charge in [0.2, 0.25) is 0 Å². The van der Waals surface area contributed by atoms with Crippen LogP contribution in [-0.2, 0) is 17.7 Å². The standard InChI is InChI=1S/C26H39N5O3S/c1-4-21-11-5-6-12-22(21)29-26(33)31(16-17-34-3)18-24-28-23(19-35-24)25(32)27-13-9-15-30-14-8-7-10-20(30)2/h5-6,11-12,19-20H,4,7-10,13-18H2,1-3H3,(H,27,32)(H,29,33). The molecule has 35 heavy (non-hydrogen) atoms. The molecule has 0 bridgehead atoms. The van der Waals surface area contributed by atoms with Crippen molar-refractivity contribution in [2.75, 3.05) is 45.2 Å². The fourth-order valence-corrected chi connectivity index (χ4v) is 5.10. The van der Waals surface area contributed by atoms with Gasteiger partial charge >= 0.3 is 6.03 Å². The van der Waals surface area contributed by atoms with Crippen LogP contribution < -0.4 is 10.6 Å². The molecule has 8 nitrogen and oxygen atoms in total. The lowest BCUT2D eigenvalue weighted by atomic mass is 10.0. The first-order valence-corrected chi connectivity index (χ1v) is 13.5. The maximum atomic E-state index is 13.0. The third kappa shape index (κ3) is 8.30. The van der Waals surface area contributed by atoms with Gasteiger partial charge in [0.15, 0.2) is 0 Å². The molecule has 1 aliphatic rings. The number of aryl methyl sites for hydroxylation is 1. The number of methoxy groups -OCH3 is 1. The molecule has 1 aliphatic heterocycles. The molecule has 3 rings (SSSR count). The maximum Gasteiger partial charge on any atom is 0.322 e. The number of nitrogens with one attached hydrogen (secondary N) is 2. The summed E-state index contributed by atoms with van der Waals surface area (Å²) in [6.07, 6.45) is 5.60. The Morgan fingerprint density at radius 2 is 2.11 bits per heavy atom. The van der Waals surface area contributed by atoms with E-state index in [0.29, 0.717) is 43.0 Å². The monoisotopic (exact) mass is 501 g/mol. The zero-order chi connectivity index (χ0) is 25.0. The van der Waals surface area contributed by atoms with E-state index in [2.05, 4.69) is 34.4 Å². The van der Waals surface area contributed by atoms with Crippen LogP contribution >= 0.6 is 11.3 Å². The molecule has 1 unspecified atom stereocenters. The molecule has 1 aromatic heterocycles. The first kappa shape index (κ1) is 27.1. The van der Waals surface area contributed by atoms with Crippen LogP contribution in [0.15, 0.2) is 29.6 Å². The molecule has 2 heterocycles. The van der Waals surface area contributed by atoms with Gasteiger partial charge < -0.3 is 25.2 Å². The Hall–Kier alpha value is -2.49. The van der Waals surface area contributed by atoms with Crippen LogP contribution in [0.5, 0.6) is 0 Å². The molecule has 1 fully saturated rings. The Labute approximate surface area is 213 Å². The van der Waals surface area contributed by atoms with Crippen molar-refractivity contribution in [3.05, 3.63) is 45.9 Å². The quantitative estimate of drug-likeness (QED) is 0.422. The summed E-state index contributed by atoms with van der Waals surface area (Å²) < 4.78 is 5.20. The molecule has 0 saturated carbocycles. The predicted octanol–water partition coefficient (Wildman–Crippen LogP) is 4.38. The van der Waals surface area contributed by atoms with Gasteiger partial charge in [0.1, 0.15) is 10.7 Å². The Morgan fingerprint density at radius 1 is 1.29 bits per heavy atom. The van der Waals surface area contributed by atoms with E-state index in [1.807, 2.05) is 24.3 Å². The second-order valence-corrected chi connectivity index (χ2v) is 9.91. The molecule has 1 atom stereocenters. The second kappa shape index (κ2) is 14.2. The Morgan fingerprint density at radius 3 is 2.89 bits per heavy atom. The third-order valence-electron chi connectivity index (χ3n) is 6.45. The summed E-state index contributed by atoms with van der Waals surface area (Å²) in [4.78, 5) is 34.3. The Kier molecular flexibility index (Phi) is 11.0. The number of rotatable bonds is 12. The van der Waals surface area contributed by atoms with Gasteiger partial charge in [0, 0.05) is 43.9 Å². The van der Waals surface area contributed by atoms with Crippen LogP contribution in [0.25, 0.3) is 0 Å². The highest BCUT2D eigenvalue weighted by atomic mass is 32.1. The van der Waals surface area contributed by atoms with Crippen molar-refractivity contribution in [3.8, 4) is 0 Å². The van der Waals surface area contributed by atoms with Crippen LogP contribution in [0.2, 0.25) is 0 Å². The number of hydrogen-bond donors (Lipinski definition) is 2. The van der Waals surface area contributed by atoms with Gasteiger partial charge in [-0.1, -0.05) is 31.5 Å². The molecule has 2 aromatic rings. The number of nitrogens with zero attached hydrogens (tertiary/aromatic N) is 3. The topological polar surface area (TPSA) is 86.8 Å². The molecular weight excluding hydrogens is 462 g/mol. The number of para-hydroxylation sites is 1. The summed E-state index contributed by atoms with van der Waals surface area (Å²) >= 11 is 1.39. The molecular formula is C26H39N5O3S. The highest BCUT2D eigenvalue weighted by Crippen LogP contribution is 2.18. The molecule has 3 amide bonds. The summed E-state index contributed by atoms with van der Waals surface area (Å²) in [5.41, 5.74) is 2.29. The van der Waals surface area contributed by atoms with Gasteiger partial charge in [-0.3, -0.25) is 4.79 Å². The van der Waals surface area contributed by atoms with Gasteiger partial charge in [0.05, 0.1) is 13.2 Å². The first-order valence-electron chi connectivity index (χ1n) is 12.6. The predicted molar refractivity (Wildman–Crippen MR) is 141 cm³/mol. The van der Waals surface area contributed by atoms with Crippen molar-refractivity contribution in [1.29, 1.82) is 0 Å². The molecule has 0 radical (unpaired) electrons. The normalized spacial score (nSPS) is 16.1. The van der Waals surface area contributed by atoms with Crippen LogP contribution in [0, 0.1) is 0 Å². The summed E-state index contributed by atoms with van der Waals surface area (Å²) in [6, 6.07) is 8.21. The molecule has 9 heteroatoms. The van der Waals surface area contributed by atoms with E-state index < -0.39 is 0 Å². The third-order valence-corrected chi connectivity index (χ3v) is 7.28. The number of carbonyl (C=O) groups is 2. The summed E-state index contributed by atoms with van der Waals surface area (Å²) in [5, 5.41) is 8.47. The lowest BCUT2D eigenvalue weighted by Gasteiger charge is -2.33. The SMILES string of the molecule is CCc1ccccc1NC(=O)N(CCOC)Cc1nc(C(=O)NCCCN2CCCCC2C)cs1. The number of amides is 3. The number of anilines is 1. The summed E-state index contributed by atoms with van der Waals surface area (Å²) in [5.74, 6) is -0.163. The lowest BCUT2D eigenvalue weighted by molar-refractivity contribution is 0.0944. The van der Waals surface area contributed by atoms with Gasteiger partial charge in [-0.2, -0.15) is 0 Å². The zero-order valence-electron chi connectivity index (χ0n) is 21.2. The molecule has 1 saturated heterocycles.